The van der Waals surface area contributed by atoms with Gasteiger partial charge in [0.05, 0.1) is 5.56 Å². The number of ether oxygens (including phenoxy) is 1. The highest BCUT2D eigenvalue weighted by molar-refractivity contribution is 5.94. The average Bonchev–Trinajstić information content (AvgIpc) is 3.07. The number of amides is 1. The number of esters is 1. The Hall–Kier alpha value is -2.41. The lowest BCUT2D eigenvalue weighted by molar-refractivity contribution is -0.136. The maximum Gasteiger partial charge on any atom is 0.338 e. The molecule has 0 N–H and O–H groups in total. The maximum atomic E-state index is 12.1. The van der Waals surface area contributed by atoms with E-state index in [1.165, 1.54) is 6.39 Å². The minimum absolute atomic E-state index is 0.158. The molecule has 1 fully saturated rings. The second kappa shape index (κ2) is 6.78. The van der Waals surface area contributed by atoms with Crippen molar-refractivity contribution in [3.05, 3.63) is 30.2 Å². The number of aromatic nitrogens is 1. The molecular weight excluding hydrogens is 298 g/mol. The van der Waals surface area contributed by atoms with Gasteiger partial charge < -0.3 is 19.0 Å². The van der Waals surface area contributed by atoms with Crippen LogP contribution in [0.25, 0.3) is 11.1 Å². The van der Waals surface area contributed by atoms with Crippen LogP contribution in [-0.4, -0.2) is 66.0 Å². The molecule has 3 rings (SSSR count). The summed E-state index contributed by atoms with van der Waals surface area (Å²) in [6, 6.07) is 4.86. The van der Waals surface area contributed by atoms with Crippen LogP contribution in [0.5, 0.6) is 0 Å². The lowest BCUT2D eigenvalue weighted by Gasteiger charge is -2.33. The number of oxazole rings is 1. The van der Waals surface area contributed by atoms with Gasteiger partial charge in [0.1, 0.15) is 5.52 Å². The summed E-state index contributed by atoms with van der Waals surface area (Å²) in [6.07, 6.45) is 1.32. The Labute approximate surface area is 133 Å². The SMILES string of the molecule is CCN1CCN(C(=O)COC(=O)c2ccc3ncoc3c2)CC1. The highest BCUT2D eigenvalue weighted by atomic mass is 16.5. The van der Waals surface area contributed by atoms with Crippen molar-refractivity contribution in [2.45, 2.75) is 6.92 Å². The van der Waals surface area contributed by atoms with Gasteiger partial charge in [-0.15, -0.1) is 0 Å². The van der Waals surface area contributed by atoms with Crippen molar-refractivity contribution >= 4 is 23.0 Å². The Morgan fingerprint density at radius 1 is 1.26 bits per heavy atom. The molecule has 1 aromatic heterocycles. The van der Waals surface area contributed by atoms with Crippen molar-refractivity contribution in [2.24, 2.45) is 0 Å². The van der Waals surface area contributed by atoms with Gasteiger partial charge in [-0.1, -0.05) is 6.92 Å². The predicted octanol–water partition coefficient (Wildman–Crippen LogP) is 1.15. The van der Waals surface area contributed by atoms with Crippen LogP contribution in [0.1, 0.15) is 17.3 Å². The number of likely N-dealkylation sites (N-methyl/N-ethyl adjacent to an activating group) is 1. The fourth-order valence-corrected chi connectivity index (χ4v) is 2.60. The van der Waals surface area contributed by atoms with Crippen molar-refractivity contribution in [2.75, 3.05) is 39.3 Å². The van der Waals surface area contributed by atoms with Crippen molar-refractivity contribution < 1.29 is 18.7 Å². The zero-order valence-corrected chi connectivity index (χ0v) is 13.0. The highest BCUT2D eigenvalue weighted by Gasteiger charge is 2.21. The Morgan fingerprint density at radius 3 is 2.78 bits per heavy atom. The smallest absolute Gasteiger partial charge is 0.338 e. The topological polar surface area (TPSA) is 75.9 Å². The molecule has 1 aliphatic heterocycles. The first-order valence-electron chi connectivity index (χ1n) is 7.68. The summed E-state index contributed by atoms with van der Waals surface area (Å²) >= 11 is 0. The van der Waals surface area contributed by atoms with Crippen molar-refractivity contribution in [1.29, 1.82) is 0 Å². The van der Waals surface area contributed by atoms with Crippen LogP contribution in [0.15, 0.2) is 29.0 Å². The largest absolute Gasteiger partial charge is 0.452 e. The van der Waals surface area contributed by atoms with Gasteiger partial charge in [-0.25, -0.2) is 9.78 Å². The quantitative estimate of drug-likeness (QED) is 0.787. The minimum atomic E-state index is -0.538. The molecule has 7 heteroatoms. The molecule has 1 aromatic carbocycles. The second-order valence-corrected chi connectivity index (χ2v) is 5.43. The van der Waals surface area contributed by atoms with E-state index >= 15 is 0 Å². The molecule has 0 bridgehead atoms. The van der Waals surface area contributed by atoms with Crippen LogP contribution >= 0.6 is 0 Å². The van der Waals surface area contributed by atoms with Crippen LogP contribution in [0.2, 0.25) is 0 Å². The molecule has 0 atom stereocenters. The Bertz CT molecular complexity index is 704. The maximum absolute atomic E-state index is 12.1. The number of fused-ring (bicyclic) bond motifs is 1. The Balaban J connectivity index is 1.53. The standard InChI is InChI=1S/C16H19N3O4/c1-2-18-5-7-19(8-6-18)15(20)10-22-16(21)12-3-4-13-14(9-12)23-11-17-13/h3-4,9,11H,2,5-8,10H2,1H3. The lowest BCUT2D eigenvalue weighted by atomic mass is 10.2. The van der Waals surface area contributed by atoms with E-state index in [4.69, 9.17) is 9.15 Å². The highest BCUT2D eigenvalue weighted by Crippen LogP contribution is 2.15. The molecule has 2 heterocycles. The number of carbonyl (C=O) groups excluding carboxylic acids is 2. The molecular formula is C16H19N3O4. The average molecular weight is 317 g/mol. The predicted molar refractivity (Wildman–Crippen MR) is 83.0 cm³/mol. The third kappa shape index (κ3) is 3.50. The first-order chi connectivity index (χ1) is 11.2. The summed E-state index contributed by atoms with van der Waals surface area (Å²) in [4.78, 5) is 32.1. The minimum Gasteiger partial charge on any atom is -0.452 e. The monoisotopic (exact) mass is 317 g/mol. The van der Waals surface area contributed by atoms with Crippen molar-refractivity contribution in [3.8, 4) is 0 Å². The van der Waals surface area contributed by atoms with E-state index in [9.17, 15) is 9.59 Å². The molecule has 122 valence electrons. The van der Waals surface area contributed by atoms with E-state index in [2.05, 4.69) is 16.8 Å². The molecule has 0 saturated carbocycles. The third-order valence-electron chi connectivity index (χ3n) is 4.07. The number of rotatable bonds is 4. The fourth-order valence-electron chi connectivity index (χ4n) is 2.60. The van der Waals surface area contributed by atoms with Gasteiger partial charge >= 0.3 is 5.97 Å². The molecule has 23 heavy (non-hydrogen) atoms. The Morgan fingerprint density at radius 2 is 2.04 bits per heavy atom. The first kappa shape index (κ1) is 15.5. The number of hydrogen-bond acceptors (Lipinski definition) is 6. The Kier molecular flexibility index (Phi) is 4.57. The van der Waals surface area contributed by atoms with E-state index in [-0.39, 0.29) is 12.5 Å². The van der Waals surface area contributed by atoms with Gasteiger partial charge in [-0.05, 0) is 24.7 Å². The van der Waals surface area contributed by atoms with E-state index in [0.717, 1.165) is 19.6 Å². The van der Waals surface area contributed by atoms with Crippen molar-refractivity contribution in [3.63, 3.8) is 0 Å². The molecule has 0 spiro atoms. The molecule has 0 radical (unpaired) electrons. The summed E-state index contributed by atoms with van der Waals surface area (Å²) in [6.45, 7) is 5.92. The van der Waals surface area contributed by atoms with Gasteiger partial charge in [0.25, 0.3) is 5.91 Å². The van der Waals surface area contributed by atoms with E-state index in [0.29, 0.717) is 29.8 Å². The molecule has 2 aromatic rings. The lowest BCUT2D eigenvalue weighted by Crippen LogP contribution is -2.49. The summed E-state index contributed by atoms with van der Waals surface area (Å²) in [5, 5.41) is 0. The molecule has 0 aliphatic carbocycles. The van der Waals surface area contributed by atoms with Gasteiger partial charge in [0.15, 0.2) is 18.6 Å². The summed E-state index contributed by atoms with van der Waals surface area (Å²) in [5.41, 5.74) is 1.53. The van der Waals surface area contributed by atoms with Gasteiger partial charge in [0.2, 0.25) is 0 Å². The summed E-state index contributed by atoms with van der Waals surface area (Å²) in [7, 11) is 0. The molecule has 0 unspecified atom stereocenters. The normalized spacial score (nSPS) is 15.8. The number of benzene rings is 1. The molecule has 1 aliphatic rings. The van der Waals surface area contributed by atoms with Crippen LogP contribution in [0, 0.1) is 0 Å². The van der Waals surface area contributed by atoms with Crippen LogP contribution < -0.4 is 0 Å². The van der Waals surface area contributed by atoms with Crippen LogP contribution in [-0.2, 0) is 9.53 Å². The zero-order chi connectivity index (χ0) is 16.2. The van der Waals surface area contributed by atoms with E-state index < -0.39 is 5.97 Å². The summed E-state index contributed by atoms with van der Waals surface area (Å²) in [5.74, 6) is -0.696. The number of hydrogen-bond donors (Lipinski definition) is 0. The van der Waals surface area contributed by atoms with E-state index in [1.807, 2.05) is 0 Å². The molecule has 1 saturated heterocycles. The number of piperazine rings is 1. The number of carbonyl (C=O) groups is 2. The summed E-state index contributed by atoms with van der Waals surface area (Å²) < 4.78 is 10.3. The first-order valence-corrected chi connectivity index (χ1v) is 7.68. The van der Waals surface area contributed by atoms with Gasteiger partial charge in [0, 0.05) is 26.2 Å². The van der Waals surface area contributed by atoms with Gasteiger partial charge in [-0.3, -0.25) is 4.79 Å². The van der Waals surface area contributed by atoms with Crippen LogP contribution in [0.3, 0.4) is 0 Å². The molecule has 1 amide bonds. The van der Waals surface area contributed by atoms with E-state index in [1.54, 1.807) is 23.1 Å². The molecule has 7 nitrogen and oxygen atoms in total. The van der Waals surface area contributed by atoms with Crippen LogP contribution in [0.4, 0.5) is 0 Å². The second-order valence-electron chi connectivity index (χ2n) is 5.43. The van der Waals surface area contributed by atoms with Gasteiger partial charge in [-0.2, -0.15) is 0 Å². The number of nitrogens with zero attached hydrogens (tertiary/aromatic N) is 3. The fraction of sp³-hybridized carbons (Fsp3) is 0.438. The third-order valence-corrected chi connectivity index (χ3v) is 4.07. The van der Waals surface area contributed by atoms with Crippen molar-refractivity contribution in [1.82, 2.24) is 14.8 Å². The zero-order valence-electron chi connectivity index (χ0n) is 13.0.